The normalized spacial score (nSPS) is 11.3. The first-order chi connectivity index (χ1) is 9.85. The third-order valence-corrected chi connectivity index (χ3v) is 2.75. The summed E-state index contributed by atoms with van der Waals surface area (Å²) < 4.78 is 4.59. The van der Waals surface area contributed by atoms with Crippen molar-refractivity contribution in [2.75, 3.05) is 7.11 Å². The van der Waals surface area contributed by atoms with E-state index in [2.05, 4.69) is 16.6 Å². The Balaban J connectivity index is 2.90. The minimum Gasteiger partial charge on any atom is -0.465 e. The predicted octanol–water partition coefficient (Wildman–Crippen LogP) is 1.02. The SMILES string of the molecule is C=C(C)C[C@H](NC(=O)c1cccc(C(=O)OC)c1)C(N)=O. The number of primary amides is 1. The fourth-order valence-electron chi connectivity index (χ4n) is 1.72. The molecule has 1 aromatic carbocycles. The van der Waals surface area contributed by atoms with E-state index in [0.29, 0.717) is 0 Å². The average molecular weight is 290 g/mol. The average Bonchev–Trinajstić information content (AvgIpc) is 2.45. The lowest BCUT2D eigenvalue weighted by molar-refractivity contribution is -0.119. The molecule has 21 heavy (non-hydrogen) atoms. The molecule has 0 saturated carbocycles. The van der Waals surface area contributed by atoms with E-state index in [1.807, 2.05) is 0 Å². The number of esters is 1. The lowest BCUT2D eigenvalue weighted by Crippen LogP contribution is -2.44. The largest absolute Gasteiger partial charge is 0.465 e. The topological polar surface area (TPSA) is 98.5 Å². The minimum atomic E-state index is -0.836. The van der Waals surface area contributed by atoms with Crippen LogP contribution in [0, 0.1) is 0 Å². The van der Waals surface area contributed by atoms with E-state index in [1.165, 1.54) is 25.3 Å². The molecule has 0 spiro atoms. The number of ether oxygens (including phenoxy) is 1. The van der Waals surface area contributed by atoms with Crippen molar-refractivity contribution < 1.29 is 19.1 Å². The molecule has 0 heterocycles. The number of amides is 2. The van der Waals surface area contributed by atoms with Crippen LogP contribution < -0.4 is 11.1 Å². The minimum absolute atomic E-state index is 0.242. The third-order valence-electron chi connectivity index (χ3n) is 2.75. The number of hydrogen-bond acceptors (Lipinski definition) is 4. The van der Waals surface area contributed by atoms with E-state index < -0.39 is 23.8 Å². The molecule has 0 aromatic heterocycles. The zero-order valence-electron chi connectivity index (χ0n) is 12.0. The summed E-state index contributed by atoms with van der Waals surface area (Å²) in [4.78, 5) is 34.8. The quantitative estimate of drug-likeness (QED) is 0.603. The number of carbonyl (C=O) groups is 3. The van der Waals surface area contributed by atoms with Crippen LogP contribution in [0.5, 0.6) is 0 Å². The van der Waals surface area contributed by atoms with Crippen LogP contribution in [-0.2, 0) is 9.53 Å². The van der Waals surface area contributed by atoms with E-state index in [1.54, 1.807) is 13.0 Å². The molecular weight excluding hydrogens is 272 g/mol. The third kappa shape index (κ3) is 4.76. The second-order valence-corrected chi connectivity index (χ2v) is 4.66. The first-order valence-corrected chi connectivity index (χ1v) is 6.28. The fraction of sp³-hybridized carbons (Fsp3) is 0.267. The summed E-state index contributed by atoms with van der Waals surface area (Å²) in [6.45, 7) is 5.42. The summed E-state index contributed by atoms with van der Waals surface area (Å²) in [5.74, 6) is -1.68. The number of benzene rings is 1. The van der Waals surface area contributed by atoms with E-state index >= 15 is 0 Å². The molecule has 1 aromatic rings. The van der Waals surface area contributed by atoms with Gasteiger partial charge in [-0.25, -0.2) is 4.79 Å². The van der Waals surface area contributed by atoms with Crippen molar-refractivity contribution in [2.24, 2.45) is 5.73 Å². The van der Waals surface area contributed by atoms with Crippen LogP contribution in [-0.4, -0.2) is 30.9 Å². The van der Waals surface area contributed by atoms with E-state index in [9.17, 15) is 14.4 Å². The van der Waals surface area contributed by atoms with Gasteiger partial charge in [-0.2, -0.15) is 0 Å². The highest BCUT2D eigenvalue weighted by atomic mass is 16.5. The molecule has 3 N–H and O–H groups in total. The van der Waals surface area contributed by atoms with Gasteiger partial charge >= 0.3 is 5.97 Å². The second kappa shape index (κ2) is 7.23. The second-order valence-electron chi connectivity index (χ2n) is 4.66. The number of nitrogens with two attached hydrogens (primary N) is 1. The molecule has 6 nitrogen and oxygen atoms in total. The Hall–Kier alpha value is -2.63. The molecule has 0 aliphatic rings. The molecule has 1 atom stereocenters. The molecule has 0 aliphatic carbocycles. The number of methoxy groups -OCH3 is 1. The molecule has 6 heteroatoms. The van der Waals surface area contributed by atoms with Crippen molar-refractivity contribution >= 4 is 17.8 Å². The van der Waals surface area contributed by atoms with Crippen molar-refractivity contribution in [3.63, 3.8) is 0 Å². The van der Waals surface area contributed by atoms with Gasteiger partial charge in [0.25, 0.3) is 5.91 Å². The highest BCUT2D eigenvalue weighted by Gasteiger charge is 2.19. The Morgan fingerprint density at radius 2 is 1.95 bits per heavy atom. The summed E-state index contributed by atoms with van der Waals surface area (Å²) in [5.41, 5.74) is 6.46. The maximum absolute atomic E-state index is 12.1. The van der Waals surface area contributed by atoms with Gasteiger partial charge in [0.05, 0.1) is 12.7 Å². The zero-order valence-corrected chi connectivity index (χ0v) is 12.0. The van der Waals surface area contributed by atoms with Crippen LogP contribution in [0.3, 0.4) is 0 Å². The summed E-state index contributed by atoms with van der Waals surface area (Å²) in [6, 6.07) is 5.17. The number of nitrogens with one attached hydrogen (secondary N) is 1. The smallest absolute Gasteiger partial charge is 0.337 e. The molecule has 112 valence electrons. The summed E-state index contributed by atoms with van der Waals surface area (Å²) >= 11 is 0. The molecule has 0 unspecified atom stereocenters. The molecule has 0 aliphatic heterocycles. The molecule has 0 fully saturated rings. The van der Waals surface area contributed by atoms with Crippen LogP contribution in [0.15, 0.2) is 36.4 Å². The van der Waals surface area contributed by atoms with Gasteiger partial charge in [0.1, 0.15) is 6.04 Å². The van der Waals surface area contributed by atoms with E-state index in [-0.39, 0.29) is 17.5 Å². The molecule has 0 bridgehead atoms. The highest BCUT2D eigenvalue weighted by Crippen LogP contribution is 2.08. The Kier molecular flexibility index (Phi) is 5.66. The van der Waals surface area contributed by atoms with Gasteiger partial charge in [0.15, 0.2) is 0 Å². The van der Waals surface area contributed by atoms with Gasteiger partial charge in [-0.1, -0.05) is 11.6 Å². The van der Waals surface area contributed by atoms with Crippen molar-refractivity contribution in [1.29, 1.82) is 0 Å². The maximum atomic E-state index is 12.1. The van der Waals surface area contributed by atoms with Crippen LogP contribution in [0.1, 0.15) is 34.1 Å². The standard InChI is InChI=1S/C15H18N2O4/c1-9(2)7-12(13(16)18)17-14(19)10-5-4-6-11(8-10)15(20)21-3/h4-6,8,12H,1,7H2,2-3H3,(H2,16,18)(H,17,19)/t12-/m0/s1. The Morgan fingerprint density at radius 1 is 1.33 bits per heavy atom. The maximum Gasteiger partial charge on any atom is 0.337 e. The van der Waals surface area contributed by atoms with Gasteiger partial charge < -0.3 is 15.8 Å². The number of carbonyl (C=O) groups excluding carboxylic acids is 3. The molecule has 0 radical (unpaired) electrons. The van der Waals surface area contributed by atoms with E-state index in [0.717, 1.165) is 5.57 Å². The molecular formula is C15H18N2O4. The first-order valence-electron chi connectivity index (χ1n) is 6.28. The van der Waals surface area contributed by atoms with Crippen molar-refractivity contribution in [3.05, 3.63) is 47.5 Å². The molecule has 1 rings (SSSR count). The number of hydrogen-bond donors (Lipinski definition) is 2. The molecule has 0 saturated heterocycles. The molecule has 2 amide bonds. The van der Waals surface area contributed by atoms with Gasteiger partial charge in [-0.3, -0.25) is 9.59 Å². The van der Waals surface area contributed by atoms with E-state index in [4.69, 9.17) is 5.73 Å². The lowest BCUT2D eigenvalue weighted by Gasteiger charge is -2.15. The lowest BCUT2D eigenvalue weighted by atomic mass is 10.1. The van der Waals surface area contributed by atoms with Gasteiger partial charge in [0.2, 0.25) is 5.91 Å². The zero-order chi connectivity index (χ0) is 16.0. The highest BCUT2D eigenvalue weighted by molar-refractivity contribution is 5.99. The summed E-state index contributed by atoms with van der Waals surface area (Å²) in [7, 11) is 1.26. The van der Waals surface area contributed by atoms with Gasteiger partial charge in [0, 0.05) is 5.56 Å². The van der Waals surface area contributed by atoms with Gasteiger partial charge in [-0.15, -0.1) is 6.58 Å². The summed E-state index contributed by atoms with van der Waals surface area (Å²) in [5, 5.41) is 2.52. The van der Waals surface area contributed by atoms with Crippen LogP contribution in [0.25, 0.3) is 0 Å². The van der Waals surface area contributed by atoms with Crippen LogP contribution in [0.2, 0.25) is 0 Å². The van der Waals surface area contributed by atoms with Crippen molar-refractivity contribution in [2.45, 2.75) is 19.4 Å². The first kappa shape index (κ1) is 16.4. The monoisotopic (exact) mass is 290 g/mol. The fourth-order valence-corrected chi connectivity index (χ4v) is 1.72. The van der Waals surface area contributed by atoms with Crippen molar-refractivity contribution in [3.8, 4) is 0 Å². The Morgan fingerprint density at radius 3 is 2.48 bits per heavy atom. The van der Waals surface area contributed by atoms with Crippen LogP contribution >= 0.6 is 0 Å². The van der Waals surface area contributed by atoms with Crippen LogP contribution in [0.4, 0.5) is 0 Å². The Bertz CT molecular complexity index is 581. The number of rotatable bonds is 6. The Labute approximate surface area is 123 Å². The van der Waals surface area contributed by atoms with Gasteiger partial charge in [-0.05, 0) is 31.5 Å². The summed E-state index contributed by atoms with van der Waals surface area (Å²) in [6.07, 6.45) is 0.262. The van der Waals surface area contributed by atoms with Crippen molar-refractivity contribution in [1.82, 2.24) is 5.32 Å². The predicted molar refractivity (Wildman–Crippen MR) is 77.7 cm³/mol.